The Bertz CT molecular complexity index is 336. The molecule has 5 nitrogen and oxygen atoms in total. The highest BCUT2D eigenvalue weighted by atomic mass is 16.1. The van der Waals surface area contributed by atoms with Crippen molar-refractivity contribution >= 4 is 5.91 Å². The fourth-order valence-corrected chi connectivity index (χ4v) is 2.03. The highest BCUT2D eigenvalue weighted by Gasteiger charge is 2.28. The van der Waals surface area contributed by atoms with Crippen LogP contribution >= 0.6 is 0 Å². The number of hydrogen-bond acceptors (Lipinski definition) is 3. The highest BCUT2D eigenvalue weighted by molar-refractivity contribution is 5.79. The molecule has 0 bridgehead atoms. The molecule has 88 valence electrons. The number of hydrogen-bond donors (Lipinski definition) is 3. The molecule has 1 aromatic heterocycles. The Labute approximate surface area is 95.0 Å². The molecule has 5 heteroatoms. The summed E-state index contributed by atoms with van der Waals surface area (Å²) in [5.41, 5.74) is 0. The lowest BCUT2D eigenvalue weighted by Crippen LogP contribution is -2.35. The lowest BCUT2D eigenvalue weighted by molar-refractivity contribution is -0.125. The minimum Gasteiger partial charge on any atom is -0.355 e. The van der Waals surface area contributed by atoms with Crippen molar-refractivity contribution in [3.8, 4) is 0 Å². The number of nitrogens with zero attached hydrogens (tertiary/aromatic N) is 1. The lowest BCUT2D eigenvalue weighted by Gasteiger charge is -2.13. The van der Waals surface area contributed by atoms with Gasteiger partial charge in [-0.15, -0.1) is 0 Å². The van der Waals surface area contributed by atoms with Crippen LogP contribution in [0.15, 0.2) is 12.4 Å². The molecule has 2 heterocycles. The predicted molar refractivity (Wildman–Crippen MR) is 60.8 cm³/mol. The minimum atomic E-state index is 0.122. The topological polar surface area (TPSA) is 69.8 Å². The van der Waals surface area contributed by atoms with Crippen LogP contribution in [0.1, 0.15) is 12.7 Å². The van der Waals surface area contributed by atoms with E-state index in [-0.39, 0.29) is 11.8 Å². The van der Waals surface area contributed by atoms with Crippen LogP contribution in [0.25, 0.3) is 0 Å². The smallest absolute Gasteiger partial charge is 0.224 e. The number of nitrogens with one attached hydrogen (secondary N) is 3. The van der Waals surface area contributed by atoms with E-state index in [4.69, 9.17) is 0 Å². The van der Waals surface area contributed by atoms with Gasteiger partial charge < -0.3 is 15.6 Å². The third-order valence-corrected chi connectivity index (χ3v) is 3.07. The van der Waals surface area contributed by atoms with Gasteiger partial charge in [0.2, 0.25) is 5.91 Å². The summed E-state index contributed by atoms with van der Waals surface area (Å²) >= 11 is 0. The van der Waals surface area contributed by atoms with Gasteiger partial charge in [-0.2, -0.15) is 0 Å². The van der Waals surface area contributed by atoms with Crippen molar-refractivity contribution in [2.75, 3.05) is 19.6 Å². The molecule has 2 atom stereocenters. The summed E-state index contributed by atoms with van der Waals surface area (Å²) in [7, 11) is 0. The summed E-state index contributed by atoms with van der Waals surface area (Å²) in [6.07, 6.45) is 4.27. The maximum Gasteiger partial charge on any atom is 0.224 e. The summed E-state index contributed by atoms with van der Waals surface area (Å²) < 4.78 is 0. The van der Waals surface area contributed by atoms with Crippen molar-refractivity contribution in [2.45, 2.75) is 13.3 Å². The first-order valence-corrected chi connectivity index (χ1v) is 5.74. The molecule has 0 unspecified atom stereocenters. The van der Waals surface area contributed by atoms with E-state index in [1.165, 1.54) is 0 Å². The average Bonchev–Trinajstić information content (AvgIpc) is 2.88. The van der Waals surface area contributed by atoms with Gasteiger partial charge in [-0.1, -0.05) is 6.92 Å². The molecular formula is C11H18N4O. The molecule has 1 fully saturated rings. The predicted octanol–water partition coefficient (Wildman–Crippen LogP) is -0.0761. The second kappa shape index (κ2) is 5.12. The number of aromatic nitrogens is 2. The van der Waals surface area contributed by atoms with E-state index in [2.05, 4.69) is 27.5 Å². The number of H-pyrrole nitrogens is 1. The van der Waals surface area contributed by atoms with Gasteiger partial charge >= 0.3 is 0 Å². The quantitative estimate of drug-likeness (QED) is 0.667. The number of rotatable bonds is 4. The van der Waals surface area contributed by atoms with Crippen LogP contribution < -0.4 is 10.6 Å². The van der Waals surface area contributed by atoms with E-state index in [0.717, 1.165) is 25.3 Å². The molecule has 0 aliphatic carbocycles. The Kier molecular flexibility index (Phi) is 3.56. The highest BCUT2D eigenvalue weighted by Crippen LogP contribution is 2.15. The van der Waals surface area contributed by atoms with Crippen molar-refractivity contribution in [1.82, 2.24) is 20.6 Å². The molecule has 1 aliphatic heterocycles. The summed E-state index contributed by atoms with van der Waals surface area (Å²) in [6.45, 7) is 4.50. The first-order valence-electron chi connectivity index (χ1n) is 5.74. The van der Waals surface area contributed by atoms with E-state index >= 15 is 0 Å². The maximum absolute atomic E-state index is 11.8. The van der Waals surface area contributed by atoms with E-state index in [1.54, 1.807) is 12.4 Å². The molecule has 16 heavy (non-hydrogen) atoms. The Morgan fingerprint density at radius 1 is 1.62 bits per heavy atom. The molecule has 1 saturated heterocycles. The summed E-state index contributed by atoms with van der Waals surface area (Å²) in [5.74, 6) is 1.63. The van der Waals surface area contributed by atoms with Crippen molar-refractivity contribution in [2.24, 2.45) is 11.8 Å². The van der Waals surface area contributed by atoms with Gasteiger partial charge in [0.05, 0.1) is 5.92 Å². The van der Waals surface area contributed by atoms with Gasteiger partial charge in [-0.05, 0) is 12.5 Å². The largest absolute Gasteiger partial charge is 0.355 e. The number of carbonyl (C=O) groups excluding carboxylic acids is 1. The SMILES string of the molecule is C[C@@H]1CNC[C@H]1C(=O)NCCc1ncc[nH]1. The fraction of sp³-hybridized carbons (Fsp3) is 0.636. The standard InChI is InChI=1S/C11H18N4O/c1-8-6-12-7-9(8)11(16)15-3-2-10-13-4-5-14-10/h4-5,8-9,12H,2-3,6-7H2,1H3,(H,13,14)(H,15,16)/t8-,9-/m1/s1. The Morgan fingerprint density at radius 3 is 3.12 bits per heavy atom. The molecule has 1 aliphatic rings. The third-order valence-electron chi connectivity index (χ3n) is 3.07. The molecule has 1 amide bonds. The molecule has 1 aromatic rings. The molecule has 0 radical (unpaired) electrons. The van der Waals surface area contributed by atoms with Crippen LogP contribution in [-0.2, 0) is 11.2 Å². The van der Waals surface area contributed by atoms with Crippen LogP contribution in [0.3, 0.4) is 0 Å². The number of amides is 1. The van der Waals surface area contributed by atoms with Gasteiger partial charge in [-0.3, -0.25) is 4.79 Å². The number of carbonyl (C=O) groups is 1. The summed E-state index contributed by atoms with van der Waals surface area (Å²) in [5, 5.41) is 6.18. The summed E-state index contributed by atoms with van der Waals surface area (Å²) in [4.78, 5) is 18.9. The van der Waals surface area contributed by atoms with Gasteiger partial charge in [-0.25, -0.2) is 4.98 Å². The Balaban J connectivity index is 1.71. The van der Waals surface area contributed by atoms with E-state index in [1.807, 2.05) is 0 Å². The third kappa shape index (κ3) is 2.61. The van der Waals surface area contributed by atoms with Crippen LogP contribution in [0.2, 0.25) is 0 Å². The monoisotopic (exact) mass is 222 g/mol. The first-order chi connectivity index (χ1) is 7.77. The van der Waals surface area contributed by atoms with E-state index in [0.29, 0.717) is 12.5 Å². The summed E-state index contributed by atoms with van der Waals surface area (Å²) in [6, 6.07) is 0. The van der Waals surface area contributed by atoms with Gasteiger partial charge in [0.15, 0.2) is 0 Å². The normalized spacial score (nSPS) is 24.6. The van der Waals surface area contributed by atoms with Crippen molar-refractivity contribution in [3.63, 3.8) is 0 Å². The Hall–Kier alpha value is -1.36. The zero-order chi connectivity index (χ0) is 11.4. The van der Waals surface area contributed by atoms with E-state index in [9.17, 15) is 4.79 Å². The Morgan fingerprint density at radius 2 is 2.50 bits per heavy atom. The molecule has 2 rings (SSSR count). The van der Waals surface area contributed by atoms with Gasteiger partial charge in [0, 0.05) is 31.9 Å². The van der Waals surface area contributed by atoms with Gasteiger partial charge in [0.25, 0.3) is 0 Å². The molecule has 0 spiro atoms. The van der Waals surface area contributed by atoms with Crippen LogP contribution in [0.4, 0.5) is 0 Å². The minimum absolute atomic E-state index is 0.122. The maximum atomic E-state index is 11.8. The van der Waals surface area contributed by atoms with Crippen molar-refractivity contribution in [3.05, 3.63) is 18.2 Å². The molecular weight excluding hydrogens is 204 g/mol. The lowest BCUT2D eigenvalue weighted by atomic mass is 9.97. The van der Waals surface area contributed by atoms with Gasteiger partial charge in [0.1, 0.15) is 5.82 Å². The van der Waals surface area contributed by atoms with Crippen LogP contribution in [-0.4, -0.2) is 35.5 Å². The number of aromatic amines is 1. The van der Waals surface area contributed by atoms with Crippen LogP contribution in [0, 0.1) is 11.8 Å². The zero-order valence-electron chi connectivity index (χ0n) is 9.49. The first kappa shape index (κ1) is 11.1. The molecule has 0 aromatic carbocycles. The molecule has 3 N–H and O–H groups in total. The van der Waals surface area contributed by atoms with Crippen LogP contribution in [0.5, 0.6) is 0 Å². The van der Waals surface area contributed by atoms with Crippen molar-refractivity contribution < 1.29 is 4.79 Å². The van der Waals surface area contributed by atoms with E-state index < -0.39 is 0 Å². The number of imidazole rings is 1. The molecule has 0 saturated carbocycles. The second-order valence-corrected chi connectivity index (χ2v) is 4.32. The average molecular weight is 222 g/mol. The fourth-order valence-electron chi connectivity index (χ4n) is 2.03. The zero-order valence-corrected chi connectivity index (χ0v) is 9.49. The van der Waals surface area contributed by atoms with Crippen molar-refractivity contribution in [1.29, 1.82) is 0 Å². The second-order valence-electron chi connectivity index (χ2n) is 4.32.